The van der Waals surface area contributed by atoms with Crippen LogP contribution in [0.5, 0.6) is 0 Å². The molecule has 7 nitrogen and oxygen atoms in total. The molecule has 0 aromatic carbocycles. The third kappa shape index (κ3) is 2.78. The normalized spacial score (nSPS) is 31.5. The summed E-state index contributed by atoms with van der Waals surface area (Å²) in [4.78, 5) is 26.2. The third-order valence-electron chi connectivity index (χ3n) is 5.67. The summed E-state index contributed by atoms with van der Waals surface area (Å²) in [5.41, 5.74) is 0. The standard InChI is InChI=1S/C17H20N2O5S2/c20-16(14-11-3-4-12(10-11)15(14)17(21)22)18-5-7-19(8-6-18)26(23,24)13-2-1-9-25-13/h1-4,9,11-12,14-15H,5-8,10H2,(H,21,22)/t11-,12-,14-,15-/m0/s1. The van der Waals surface area contributed by atoms with Crippen LogP contribution in [-0.4, -0.2) is 60.8 Å². The van der Waals surface area contributed by atoms with E-state index >= 15 is 0 Å². The van der Waals surface area contributed by atoms with E-state index in [9.17, 15) is 23.1 Å². The molecule has 0 radical (unpaired) electrons. The number of thiophene rings is 1. The van der Waals surface area contributed by atoms with E-state index in [0.717, 1.165) is 6.42 Å². The van der Waals surface area contributed by atoms with Gasteiger partial charge in [-0.2, -0.15) is 4.31 Å². The van der Waals surface area contributed by atoms with Gasteiger partial charge in [0.05, 0.1) is 11.8 Å². The van der Waals surface area contributed by atoms with Crippen molar-refractivity contribution in [3.63, 3.8) is 0 Å². The predicted molar refractivity (Wildman–Crippen MR) is 95.0 cm³/mol. The van der Waals surface area contributed by atoms with Crippen molar-refractivity contribution in [2.75, 3.05) is 26.2 Å². The van der Waals surface area contributed by atoms with Gasteiger partial charge in [0.25, 0.3) is 10.0 Å². The maximum Gasteiger partial charge on any atom is 0.307 e. The van der Waals surface area contributed by atoms with Gasteiger partial charge >= 0.3 is 5.97 Å². The molecule has 1 aromatic rings. The molecular weight excluding hydrogens is 376 g/mol. The lowest BCUT2D eigenvalue weighted by atomic mass is 9.82. The summed E-state index contributed by atoms with van der Waals surface area (Å²) in [6.07, 6.45) is 4.60. The molecule has 1 saturated heterocycles. The second-order valence-electron chi connectivity index (χ2n) is 7.00. The molecule has 2 heterocycles. The van der Waals surface area contributed by atoms with Gasteiger partial charge < -0.3 is 10.0 Å². The number of carbonyl (C=O) groups is 2. The summed E-state index contributed by atoms with van der Waals surface area (Å²) >= 11 is 1.18. The number of carboxylic acid groups (broad SMARTS) is 1. The summed E-state index contributed by atoms with van der Waals surface area (Å²) < 4.78 is 26.9. The van der Waals surface area contributed by atoms with Gasteiger partial charge in [-0.05, 0) is 29.7 Å². The molecule has 1 N–H and O–H groups in total. The minimum atomic E-state index is -3.51. The fraction of sp³-hybridized carbons (Fsp3) is 0.529. The quantitative estimate of drug-likeness (QED) is 0.769. The van der Waals surface area contributed by atoms with Crippen LogP contribution in [0.25, 0.3) is 0 Å². The zero-order chi connectivity index (χ0) is 18.5. The predicted octanol–water partition coefficient (Wildman–Crippen LogP) is 1.10. The van der Waals surface area contributed by atoms with Crippen molar-refractivity contribution in [3.8, 4) is 0 Å². The van der Waals surface area contributed by atoms with Crippen molar-refractivity contribution < 1.29 is 23.1 Å². The number of amides is 1. The minimum Gasteiger partial charge on any atom is -0.481 e. The van der Waals surface area contributed by atoms with E-state index in [2.05, 4.69) is 0 Å². The highest BCUT2D eigenvalue weighted by Gasteiger charge is 2.52. The van der Waals surface area contributed by atoms with Crippen LogP contribution in [-0.2, 0) is 19.6 Å². The van der Waals surface area contributed by atoms with Crippen LogP contribution in [0.1, 0.15) is 6.42 Å². The molecule has 2 aliphatic carbocycles. The lowest BCUT2D eigenvalue weighted by Gasteiger charge is -2.37. The summed E-state index contributed by atoms with van der Waals surface area (Å²) in [6, 6.07) is 3.28. The molecule has 2 bridgehead atoms. The van der Waals surface area contributed by atoms with E-state index < -0.39 is 27.8 Å². The first-order chi connectivity index (χ1) is 12.4. The van der Waals surface area contributed by atoms with Gasteiger partial charge in [-0.25, -0.2) is 8.42 Å². The first kappa shape index (κ1) is 17.7. The molecule has 0 spiro atoms. The molecule has 26 heavy (non-hydrogen) atoms. The third-order valence-corrected chi connectivity index (χ3v) is 8.94. The van der Waals surface area contributed by atoms with E-state index in [-0.39, 0.29) is 30.8 Å². The number of carbonyl (C=O) groups excluding carboxylic acids is 1. The van der Waals surface area contributed by atoms with Gasteiger partial charge in [-0.3, -0.25) is 9.59 Å². The molecule has 3 aliphatic rings. The number of hydrogen-bond donors (Lipinski definition) is 1. The van der Waals surface area contributed by atoms with Crippen LogP contribution in [0.15, 0.2) is 33.9 Å². The van der Waals surface area contributed by atoms with E-state index in [1.165, 1.54) is 15.6 Å². The Morgan fingerprint density at radius 1 is 1.08 bits per heavy atom. The highest BCUT2D eigenvalue weighted by molar-refractivity contribution is 7.91. The van der Waals surface area contributed by atoms with Crippen LogP contribution >= 0.6 is 11.3 Å². The van der Waals surface area contributed by atoms with Crippen molar-refractivity contribution in [1.29, 1.82) is 0 Å². The Morgan fingerprint density at radius 3 is 2.31 bits per heavy atom. The van der Waals surface area contributed by atoms with Crippen molar-refractivity contribution in [3.05, 3.63) is 29.7 Å². The number of sulfonamides is 1. The zero-order valence-electron chi connectivity index (χ0n) is 14.0. The highest BCUT2D eigenvalue weighted by atomic mass is 32.2. The van der Waals surface area contributed by atoms with E-state index in [1.807, 2.05) is 12.2 Å². The Kier molecular flexibility index (Phi) is 4.40. The number of carboxylic acids is 1. The smallest absolute Gasteiger partial charge is 0.307 e. The minimum absolute atomic E-state index is 0.0125. The van der Waals surface area contributed by atoms with Crippen LogP contribution in [0.3, 0.4) is 0 Å². The zero-order valence-corrected chi connectivity index (χ0v) is 15.7. The van der Waals surface area contributed by atoms with E-state index in [4.69, 9.17) is 0 Å². The number of aliphatic carboxylic acids is 1. The molecule has 4 rings (SSSR count). The number of nitrogens with zero attached hydrogens (tertiary/aromatic N) is 2. The maximum absolute atomic E-state index is 13.0. The van der Waals surface area contributed by atoms with Crippen molar-refractivity contribution >= 4 is 33.2 Å². The van der Waals surface area contributed by atoms with Crippen molar-refractivity contribution in [2.24, 2.45) is 23.7 Å². The molecule has 1 aromatic heterocycles. The Bertz CT molecular complexity index is 841. The number of hydrogen-bond acceptors (Lipinski definition) is 5. The van der Waals surface area contributed by atoms with Gasteiger partial charge in [0, 0.05) is 26.2 Å². The molecule has 4 atom stereocenters. The molecule has 1 saturated carbocycles. The van der Waals surface area contributed by atoms with Gasteiger partial charge in [-0.1, -0.05) is 18.2 Å². The molecule has 1 amide bonds. The molecule has 140 valence electrons. The fourth-order valence-corrected chi connectivity index (χ4v) is 6.96. The van der Waals surface area contributed by atoms with Crippen molar-refractivity contribution in [1.82, 2.24) is 9.21 Å². The number of piperazine rings is 1. The molecule has 2 fully saturated rings. The lowest BCUT2D eigenvalue weighted by Crippen LogP contribution is -2.53. The monoisotopic (exact) mass is 396 g/mol. The van der Waals surface area contributed by atoms with E-state index in [0.29, 0.717) is 17.3 Å². The molecule has 1 aliphatic heterocycles. The first-order valence-electron chi connectivity index (χ1n) is 8.63. The van der Waals surface area contributed by atoms with Gasteiger partial charge in [0.1, 0.15) is 4.21 Å². The highest BCUT2D eigenvalue weighted by Crippen LogP contribution is 2.48. The summed E-state index contributed by atoms with van der Waals surface area (Å²) in [5.74, 6) is -2.33. The Labute approximate surface area is 156 Å². The summed E-state index contributed by atoms with van der Waals surface area (Å²) in [7, 11) is -3.51. The Hall–Kier alpha value is -1.71. The molecule has 0 unspecified atom stereocenters. The topological polar surface area (TPSA) is 95.0 Å². The average Bonchev–Trinajstić information content (AvgIpc) is 3.37. The van der Waals surface area contributed by atoms with Crippen LogP contribution in [0, 0.1) is 23.7 Å². The van der Waals surface area contributed by atoms with Gasteiger partial charge in [-0.15, -0.1) is 11.3 Å². The largest absolute Gasteiger partial charge is 0.481 e. The van der Waals surface area contributed by atoms with Crippen LogP contribution < -0.4 is 0 Å². The van der Waals surface area contributed by atoms with Gasteiger partial charge in [0.15, 0.2) is 0 Å². The van der Waals surface area contributed by atoms with Crippen molar-refractivity contribution in [2.45, 2.75) is 10.6 Å². The number of allylic oxidation sites excluding steroid dienone is 2. The lowest BCUT2D eigenvalue weighted by molar-refractivity contribution is -0.151. The average molecular weight is 396 g/mol. The summed E-state index contributed by atoms with van der Waals surface area (Å²) in [6.45, 7) is 1.07. The first-order valence-corrected chi connectivity index (χ1v) is 10.9. The van der Waals surface area contributed by atoms with Gasteiger partial charge in [0.2, 0.25) is 5.91 Å². The number of fused-ring (bicyclic) bond motifs is 2. The molecular formula is C17H20N2O5S2. The Morgan fingerprint density at radius 2 is 1.73 bits per heavy atom. The number of rotatable bonds is 4. The summed E-state index contributed by atoms with van der Waals surface area (Å²) in [5, 5.41) is 11.2. The Balaban J connectivity index is 1.44. The van der Waals surface area contributed by atoms with Crippen LogP contribution in [0.4, 0.5) is 0 Å². The second-order valence-corrected chi connectivity index (χ2v) is 10.1. The molecule has 9 heteroatoms. The SMILES string of the molecule is O=C(O)[C@@H]1[C@@H](C(=O)N2CCN(S(=O)(=O)c3cccs3)CC2)[C@H]2C=C[C@H]1C2. The fourth-order valence-electron chi connectivity index (χ4n) is 4.39. The van der Waals surface area contributed by atoms with Crippen LogP contribution in [0.2, 0.25) is 0 Å². The van der Waals surface area contributed by atoms with E-state index in [1.54, 1.807) is 22.4 Å². The second kappa shape index (κ2) is 6.47. The maximum atomic E-state index is 13.0.